The summed E-state index contributed by atoms with van der Waals surface area (Å²) in [5, 5.41) is 4.62. The minimum Gasteiger partial charge on any atom is -0.376 e. The Bertz CT molecular complexity index is 264. The van der Waals surface area contributed by atoms with Gasteiger partial charge in [0.1, 0.15) is 0 Å². The molecular weight excluding hydrogens is 220 g/mol. The predicted molar refractivity (Wildman–Crippen MR) is 70.2 cm³/mol. The van der Waals surface area contributed by atoms with Gasteiger partial charge in [-0.05, 0) is 32.6 Å². The molecule has 2 heterocycles. The molecule has 2 aliphatic heterocycles. The molecule has 92 valence electrons. The second-order valence-corrected chi connectivity index (χ2v) is 5.93. The van der Waals surface area contributed by atoms with Crippen LogP contribution in [0.5, 0.6) is 0 Å². The maximum atomic E-state index is 5.67. The Kier molecular flexibility index (Phi) is 4.14. The zero-order valence-electron chi connectivity index (χ0n) is 10.3. The van der Waals surface area contributed by atoms with Gasteiger partial charge in [-0.1, -0.05) is 18.7 Å². The first-order valence-corrected chi connectivity index (χ1v) is 7.27. The Morgan fingerprint density at radius 2 is 2.44 bits per heavy atom. The summed E-state index contributed by atoms with van der Waals surface area (Å²) in [5.74, 6) is 1.13. The molecule has 0 bridgehead atoms. The minimum atomic E-state index is 0.247. The molecule has 0 saturated carbocycles. The fourth-order valence-corrected chi connectivity index (χ4v) is 3.19. The third kappa shape index (κ3) is 3.14. The molecule has 0 amide bonds. The minimum absolute atomic E-state index is 0.247. The van der Waals surface area contributed by atoms with Crippen LogP contribution in [0.3, 0.4) is 0 Å². The highest BCUT2D eigenvalue weighted by Crippen LogP contribution is 2.25. The van der Waals surface area contributed by atoms with Gasteiger partial charge in [0.15, 0.2) is 5.17 Å². The number of aliphatic imine (C=N–C) groups is 1. The average Bonchev–Trinajstić information content (AvgIpc) is 2.71. The van der Waals surface area contributed by atoms with E-state index in [0.29, 0.717) is 6.10 Å². The number of hydrogen-bond donors (Lipinski definition) is 1. The van der Waals surface area contributed by atoms with Gasteiger partial charge in [0.25, 0.3) is 0 Å². The lowest BCUT2D eigenvalue weighted by molar-refractivity contribution is 0.0225. The van der Waals surface area contributed by atoms with Gasteiger partial charge in [-0.15, -0.1) is 0 Å². The fraction of sp³-hybridized carbons (Fsp3) is 0.917. The van der Waals surface area contributed by atoms with Gasteiger partial charge < -0.3 is 10.1 Å². The van der Waals surface area contributed by atoms with Crippen molar-refractivity contribution < 1.29 is 4.74 Å². The lowest BCUT2D eigenvalue weighted by atomic mass is 10.0. The standard InChI is InChI=1S/C12H22N2OS/c1-3-12(2)9-16-11(14-12)13-8-10-6-4-5-7-15-10/h10H,3-9H2,1-2H3,(H,13,14). The van der Waals surface area contributed by atoms with Gasteiger partial charge in [0, 0.05) is 17.9 Å². The maximum Gasteiger partial charge on any atom is 0.157 e. The van der Waals surface area contributed by atoms with Crippen molar-refractivity contribution in [2.24, 2.45) is 4.99 Å². The smallest absolute Gasteiger partial charge is 0.157 e. The molecule has 0 aliphatic carbocycles. The predicted octanol–water partition coefficient (Wildman–Crippen LogP) is 2.42. The summed E-state index contributed by atoms with van der Waals surface area (Å²) in [5.41, 5.74) is 0.247. The Morgan fingerprint density at radius 3 is 3.06 bits per heavy atom. The molecule has 1 N–H and O–H groups in total. The number of nitrogens with one attached hydrogen (secondary N) is 1. The summed E-state index contributed by atoms with van der Waals surface area (Å²) in [6.07, 6.45) is 5.19. The van der Waals surface area contributed by atoms with Crippen LogP contribution in [-0.4, -0.2) is 35.7 Å². The Hall–Kier alpha value is -0.220. The molecule has 2 fully saturated rings. The van der Waals surface area contributed by atoms with E-state index in [2.05, 4.69) is 24.2 Å². The number of rotatable bonds is 3. The highest BCUT2D eigenvalue weighted by molar-refractivity contribution is 8.14. The van der Waals surface area contributed by atoms with Gasteiger partial charge in [-0.25, -0.2) is 0 Å². The van der Waals surface area contributed by atoms with Crippen molar-refractivity contribution in [3.8, 4) is 0 Å². The number of ether oxygens (including phenoxy) is 1. The molecule has 2 atom stereocenters. The monoisotopic (exact) mass is 242 g/mol. The van der Waals surface area contributed by atoms with Crippen LogP contribution >= 0.6 is 11.8 Å². The maximum absolute atomic E-state index is 5.67. The molecule has 2 rings (SSSR count). The third-order valence-electron chi connectivity index (χ3n) is 3.43. The van der Waals surface area contributed by atoms with E-state index in [1.165, 1.54) is 19.3 Å². The fourth-order valence-electron chi connectivity index (χ4n) is 1.97. The molecule has 0 aromatic heterocycles. The molecule has 16 heavy (non-hydrogen) atoms. The SMILES string of the molecule is CCC1(C)CSC(=NCC2CCCCO2)N1. The molecule has 0 spiro atoms. The summed E-state index contributed by atoms with van der Waals surface area (Å²) < 4.78 is 5.67. The first-order chi connectivity index (χ1) is 7.72. The van der Waals surface area contributed by atoms with Gasteiger partial charge in [-0.2, -0.15) is 0 Å². The van der Waals surface area contributed by atoms with E-state index in [1.807, 2.05) is 11.8 Å². The van der Waals surface area contributed by atoms with E-state index in [1.54, 1.807) is 0 Å². The van der Waals surface area contributed by atoms with Crippen molar-refractivity contribution in [2.45, 2.75) is 51.2 Å². The first kappa shape index (κ1) is 12.2. The molecular formula is C12H22N2OS. The highest BCUT2D eigenvalue weighted by Gasteiger charge is 2.30. The van der Waals surface area contributed by atoms with Crippen LogP contribution in [0.1, 0.15) is 39.5 Å². The van der Waals surface area contributed by atoms with Crippen LogP contribution < -0.4 is 5.32 Å². The molecule has 3 nitrogen and oxygen atoms in total. The normalized spacial score (nSPS) is 37.6. The molecule has 2 aliphatic rings. The topological polar surface area (TPSA) is 33.6 Å². The quantitative estimate of drug-likeness (QED) is 0.825. The molecule has 0 aromatic rings. The summed E-state index contributed by atoms with van der Waals surface area (Å²) in [6, 6.07) is 0. The molecule has 4 heteroatoms. The van der Waals surface area contributed by atoms with Crippen molar-refractivity contribution >= 4 is 16.9 Å². The van der Waals surface area contributed by atoms with Crippen LogP contribution in [0.4, 0.5) is 0 Å². The number of amidine groups is 1. The molecule has 0 radical (unpaired) electrons. The van der Waals surface area contributed by atoms with Gasteiger partial charge in [-0.3, -0.25) is 4.99 Å². The molecule has 2 saturated heterocycles. The van der Waals surface area contributed by atoms with Crippen LogP contribution in [0.25, 0.3) is 0 Å². The van der Waals surface area contributed by atoms with Crippen molar-refractivity contribution in [1.82, 2.24) is 5.32 Å². The summed E-state index contributed by atoms with van der Waals surface area (Å²) in [7, 11) is 0. The van der Waals surface area contributed by atoms with E-state index < -0.39 is 0 Å². The van der Waals surface area contributed by atoms with Crippen molar-refractivity contribution in [3.63, 3.8) is 0 Å². The van der Waals surface area contributed by atoms with Gasteiger partial charge in [0.2, 0.25) is 0 Å². The molecule has 0 aromatic carbocycles. The zero-order chi connectivity index (χ0) is 11.4. The Balaban J connectivity index is 1.80. The zero-order valence-corrected chi connectivity index (χ0v) is 11.1. The first-order valence-electron chi connectivity index (χ1n) is 6.29. The lowest BCUT2D eigenvalue weighted by Crippen LogP contribution is -2.39. The van der Waals surface area contributed by atoms with E-state index in [-0.39, 0.29) is 5.54 Å². The lowest BCUT2D eigenvalue weighted by Gasteiger charge is -2.22. The second-order valence-electron chi connectivity index (χ2n) is 4.96. The largest absolute Gasteiger partial charge is 0.376 e. The van der Waals surface area contributed by atoms with E-state index in [4.69, 9.17) is 4.74 Å². The van der Waals surface area contributed by atoms with Crippen molar-refractivity contribution in [1.29, 1.82) is 0 Å². The van der Waals surface area contributed by atoms with Crippen molar-refractivity contribution in [2.75, 3.05) is 18.9 Å². The Morgan fingerprint density at radius 1 is 1.56 bits per heavy atom. The van der Waals surface area contributed by atoms with Crippen molar-refractivity contribution in [3.05, 3.63) is 0 Å². The average molecular weight is 242 g/mol. The summed E-state index contributed by atoms with van der Waals surface area (Å²) in [6.45, 7) is 6.23. The summed E-state index contributed by atoms with van der Waals surface area (Å²) >= 11 is 1.85. The number of hydrogen-bond acceptors (Lipinski definition) is 3. The third-order valence-corrected chi connectivity index (χ3v) is 4.72. The highest BCUT2D eigenvalue weighted by atomic mass is 32.2. The van der Waals surface area contributed by atoms with E-state index >= 15 is 0 Å². The van der Waals surface area contributed by atoms with Gasteiger partial charge >= 0.3 is 0 Å². The Labute approximate surface area is 102 Å². The van der Waals surface area contributed by atoms with Crippen LogP contribution in [0.15, 0.2) is 4.99 Å². The second kappa shape index (κ2) is 5.41. The van der Waals surface area contributed by atoms with E-state index in [9.17, 15) is 0 Å². The van der Waals surface area contributed by atoms with Crippen LogP contribution in [0, 0.1) is 0 Å². The summed E-state index contributed by atoms with van der Waals surface area (Å²) in [4.78, 5) is 4.63. The van der Waals surface area contributed by atoms with E-state index in [0.717, 1.165) is 30.5 Å². The molecule has 2 unspecified atom stereocenters. The number of nitrogens with zero attached hydrogens (tertiary/aromatic N) is 1. The van der Waals surface area contributed by atoms with Gasteiger partial charge in [0.05, 0.1) is 12.6 Å². The van der Waals surface area contributed by atoms with Crippen LogP contribution in [-0.2, 0) is 4.74 Å². The van der Waals surface area contributed by atoms with Crippen LogP contribution in [0.2, 0.25) is 0 Å². The number of thioether (sulfide) groups is 1.